The first-order chi connectivity index (χ1) is 45.1. The van der Waals surface area contributed by atoms with Crippen LogP contribution in [0.1, 0.15) is 52.7 Å². The van der Waals surface area contributed by atoms with E-state index >= 15 is 0 Å². The van der Waals surface area contributed by atoms with Crippen LogP contribution in [0.15, 0.2) is 140 Å². The van der Waals surface area contributed by atoms with Crippen molar-refractivity contribution in [1.29, 1.82) is 0 Å². The van der Waals surface area contributed by atoms with Gasteiger partial charge in [0.05, 0.1) is 49.9 Å². The van der Waals surface area contributed by atoms with E-state index < -0.39 is 11.1 Å². The van der Waals surface area contributed by atoms with Crippen molar-refractivity contribution >= 4 is 68.2 Å². The minimum absolute atomic E-state index is 0.00278. The Morgan fingerprint density at radius 2 is 0.946 bits per heavy atom. The third-order valence-electron chi connectivity index (χ3n) is 21.1. The molecular formula is C73H86N12O8. The summed E-state index contributed by atoms with van der Waals surface area (Å²) in [5.41, 5.74) is 18.8. The summed E-state index contributed by atoms with van der Waals surface area (Å²) in [6.45, 7) is 12.0. The van der Waals surface area contributed by atoms with Crippen LogP contribution >= 0.6 is 0 Å². The fourth-order valence-electron chi connectivity index (χ4n) is 16.6. The summed E-state index contributed by atoms with van der Waals surface area (Å²) in [5.74, 6) is 0.592. The van der Waals surface area contributed by atoms with Gasteiger partial charge in [0.15, 0.2) is 0 Å². The summed E-state index contributed by atoms with van der Waals surface area (Å²) in [7, 11) is 8.19. The van der Waals surface area contributed by atoms with Crippen molar-refractivity contribution in [3.63, 3.8) is 0 Å². The lowest BCUT2D eigenvalue weighted by Gasteiger charge is -2.33. The standard InChI is InChI=1S/C40H46N6O4.C33H40N6O4/c1-42(2)35-15-13-33(31-10-6-7-11-32(31)35)36-23-30-25-44(24-29-12-14-34(41)37(22-29)50-26-28-8-4-3-5-9-28)27-40(30)38(47)45(39(48)46(36)40)17-16-43-18-20-49-21-19-43;1-35(2)28-10-8-26(24-5-3-4-6-25(24)28)29-18-23-20-37(19-22-7-9-27(34)30(40)17-22)21-33(23)31(41)38(32(42)39(29)33)12-11-36-13-15-43-16-14-36/h3-15,22,30,36H,16-21,23-27,41H2,1-2H3;3-10,17,23,29,40H,11-16,18-21,34H2,1-2H3/t30-,36-,40+;23-,29-,33+/m11/s1. The van der Waals surface area contributed by atoms with Gasteiger partial charge in [0, 0.05) is 154 Å². The van der Waals surface area contributed by atoms with Crippen molar-refractivity contribution in [2.24, 2.45) is 11.8 Å². The quantitative estimate of drug-likeness (QED) is 0.0449. The molecule has 20 heteroatoms. The number of carbonyl (C=O) groups is 4. The average molecular weight is 1260 g/mol. The molecule has 20 nitrogen and oxygen atoms in total. The molecule has 8 saturated heterocycles. The smallest absolute Gasteiger partial charge is 0.328 e. The van der Waals surface area contributed by atoms with Crippen LogP contribution in [-0.2, 0) is 38.8 Å². The van der Waals surface area contributed by atoms with E-state index in [9.17, 15) is 24.3 Å². The number of phenolic OH excluding ortho intramolecular Hbond substituents is 1. The maximum atomic E-state index is 14.7. The lowest BCUT2D eigenvalue weighted by Crippen LogP contribution is -2.51. The Labute approximate surface area is 544 Å². The van der Waals surface area contributed by atoms with E-state index in [0.29, 0.717) is 109 Å². The van der Waals surface area contributed by atoms with Crippen LogP contribution in [0.25, 0.3) is 21.5 Å². The SMILES string of the molecule is CN(C)c1ccc([C@H]2C[C@@H]3CN(Cc4ccc(N)c(O)c4)C[C@@]34C(=O)N(CCN3CCOCC3)C(=O)N24)c2ccccc12.CN(C)c1ccc([C@H]2C[C@@H]3CN(Cc4ccc(N)c(OCc5ccccc5)c4)C[C@@]34C(=O)N(CCN3CCOCC3)C(=O)N24)c2ccccc12. The number of hydrogen-bond donors (Lipinski definition) is 3. The number of nitrogens with two attached hydrogens (primary N) is 2. The molecule has 0 saturated carbocycles. The highest BCUT2D eigenvalue weighted by Gasteiger charge is 2.72. The number of benzene rings is 7. The molecule has 7 aromatic carbocycles. The Balaban J connectivity index is 0.000000163. The van der Waals surface area contributed by atoms with Crippen LogP contribution in [0.2, 0.25) is 0 Å². The molecule has 8 aliphatic rings. The van der Waals surface area contributed by atoms with E-state index in [1.54, 1.807) is 17.0 Å². The summed E-state index contributed by atoms with van der Waals surface area (Å²) in [5, 5.41) is 14.7. The minimum atomic E-state index is -0.913. The number of rotatable bonds is 17. The molecule has 7 aromatic rings. The van der Waals surface area contributed by atoms with Crippen LogP contribution < -0.4 is 26.0 Å². The summed E-state index contributed by atoms with van der Waals surface area (Å²) >= 11 is 0. The first-order valence-electron chi connectivity index (χ1n) is 33.0. The van der Waals surface area contributed by atoms with Crippen molar-refractivity contribution in [3.05, 3.63) is 167 Å². The second-order valence-electron chi connectivity index (χ2n) is 27.0. The molecule has 0 radical (unpaired) electrons. The van der Waals surface area contributed by atoms with Gasteiger partial charge in [-0.1, -0.05) is 103 Å². The number of ether oxygens (including phenoxy) is 3. The second kappa shape index (κ2) is 25.4. The lowest BCUT2D eigenvalue weighted by molar-refractivity contribution is -0.134. The number of imide groups is 2. The molecule has 5 N–H and O–H groups in total. The molecule has 0 bridgehead atoms. The Morgan fingerprint density at radius 3 is 1.41 bits per heavy atom. The Kier molecular flexibility index (Phi) is 16.9. The maximum Gasteiger partial charge on any atom is 0.328 e. The average Bonchev–Trinajstić information content (AvgIpc) is 1.53. The molecule has 0 aromatic heterocycles. The Bertz CT molecular complexity index is 3970. The molecule has 6 atom stereocenters. The molecule has 8 aliphatic heterocycles. The van der Waals surface area contributed by atoms with Crippen molar-refractivity contribution in [3.8, 4) is 11.5 Å². The van der Waals surface area contributed by atoms with Crippen LogP contribution in [0.5, 0.6) is 11.5 Å². The number of amides is 6. The fraction of sp³-hybridized carbons (Fsp3) is 0.425. The summed E-state index contributed by atoms with van der Waals surface area (Å²) in [6.07, 6.45) is 1.47. The van der Waals surface area contributed by atoms with Crippen molar-refractivity contribution < 1.29 is 38.5 Å². The first kappa shape index (κ1) is 62.0. The van der Waals surface area contributed by atoms with Gasteiger partial charge in [-0.2, -0.15) is 0 Å². The normalized spacial score (nSPS) is 24.9. The predicted octanol–water partition coefficient (Wildman–Crippen LogP) is 8.08. The lowest BCUT2D eigenvalue weighted by atomic mass is 9.87. The monoisotopic (exact) mass is 1260 g/mol. The van der Waals surface area contributed by atoms with E-state index in [4.69, 9.17) is 25.7 Å². The van der Waals surface area contributed by atoms with Gasteiger partial charge in [0.25, 0.3) is 11.8 Å². The zero-order valence-electron chi connectivity index (χ0n) is 53.9. The van der Waals surface area contributed by atoms with Gasteiger partial charge in [-0.3, -0.25) is 39.0 Å². The van der Waals surface area contributed by atoms with Gasteiger partial charge in [-0.05, 0) is 87.8 Å². The third-order valence-corrected chi connectivity index (χ3v) is 21.1. The highest BCUT2D eigenvalue weighted by atomic mass is 16.5. The number of nitrogens with zero attached hydrogens (tertiary/aromatic N) is 10. The number of fused-ring (bicyclic) bond motifs is 2. The van der Waals surface area contributed by atoms with Crippen molar-refractivity contribution in [2.45, 2.75) is 55.7 Å². The number of aromatic hydroxyl groups is 1. The number of anilines is 4. The van der Waals surface area contributed by atoms with Gasteiger partial charge >= 0.3 is 12.1 Å². The molecule has 0 unspecified atom stereocenters. The summed E-state index contributed by atoms with van der Waals surface area (Å²) in [6, 6.07) is 46.0. The zero-order chi connectivity index (χ0) is 64.3. The number of carbonyl (C=O) groups excluding carboxylic acids is 4. The van der Waals surface area contributed by atoms with Gasteiger partial charge < -0.3 is 50.4 Å². The van der Waals surface area contributed by atoms with Gasteiger partial charge in [-0.25, -0.2) is 9.59 Å². The molecule has 2 spiro atoms. The third kappa shape index (κ3) is 11.2. The molecule has 6 amide bonds. The number of nitrogen functional groups attached to an aromatic ring is 2. The van der Waals surface area contributed by atoms with E-state index in [0.717, 1.165) is 106 Å². The number of likely N-dealkylation sites (tertiary alicyclic amines) is 2. The number of phenols is 1. The van der Waals surface area contributed by atoms with Gasteiger partial charge in [0.1, 0.15) is 29.2 Å². The van der Waals surface area contributed by atoms with Crippen molar-refractivity contribution in [2.75, 3.05) is 154 Å². The largest absolute Gasteiger partial charge is 0.506 e. The molecule has 15 rings (SSSR count). The molecule has 0 aliphatic carbocycles. The van der Waals surface area contributed by atoms with E-state index in [1.165, 1.54) is 4.90 Å². The summed E-state index contributed by atoms with van der Waals surface area (Å²) in [4.78, 5) is 78.5. The fourth-order valence-corrected chi connectivity index (χ4v) is 16.6. The minimum Gasteiger partial charge on any atom is -0.506 e. The van der Waals surface area contributed by atoms with E-state index in [2.05, 4.69) is 110 Å². The maximum absolute atomic E-state index is 14.7. The van der Waals surface area contributed by atoms with Gasteiger partial charge in [0.2, 0.25) is 0 Å². The first-order valence-corrected chi connectivity index (χ1v) is 33.0. The molecule has 486 valence electrons. The van der Waals surface area contributed by atoms with Gasteiger partial charge in [-0.15, -0.1) is 0 Å². The van der Waals surface area contributed by atoms with Crippen LogP contribution in [0.3, 0.4) is 0 Å². The van der Waals surface area contributed by atoms with Crippen LogP contribution in [0.4, 0.5) is 32.3 Å². The zero-order valence-corrected chi connectivity index (χ0v) is 53.9. The second-order valence-corrected chi connectivity index (χ2v) is 27.0. The van der Waals surface area contributed by atoms with Crippen LogP contribution in [0, 0.1) is 11.8 Å². The highest BCUT2D eigenvalue weighted by molar-refractivity contribution is 6.10. The number of morpholine rings is 2. The van der Waals surface area contributed by atoms with E-state index in [-0.39, 0.29) is 53.5 Å². The Hall–Kier alpha value is -8.50. The Morgan fingerprint density at radius 1 is 0.505 bits per heavy atom. The highest BCUT2D eigenvalue weighted by Crippen LogP contribution is 2.58. The van der Waals surface area contributed by atoms with Crippen molar-refractivity contribution in [1.82, 2.24) is 39.2 Å². The molecule has 8 fully saturated rings. The topological polar surface area (TPSA) is 201 Å². The molecular weight excluding hydrogens is 1170 g/mol. The van der Waals surface area contributed by atoms with Crippen LogP contribution in [-0.4, -0.2) is 212 Å². The van der Waals surface area contributed by atoms with E-state index in [1.807, 2.05) is 84.6 Å². The number of hydrogen-bond acceptors (Lipinski definition) is 16. The molecule has 93 heavy (non-hydrogen) atoms. The summed E-state index contributed by atoms with van der Waals surface area (Å²) < 4.78 is 17.2. The number of urea groups is 2. The molecule has 8 heterocycles. The predicted molar refractivity (Wildman–Crippen MR) is 361 cm³/mol.